The molecular formula is C20H20N4O6S. The number of anilines is 2. The van der Waals surface area contributed by atoms with Crippen LogP contribution in [0.3, 0.4) is 0 Å². The van der Waals surface area contributed by atoms with Gasteiger partial charge in [-0.2, -0.15) is 0 Å². The zero-order valence-corrected chi connectivity index (χ0v) is 17.1. The summed E-state index contributed by atoms with van der Waals surface area (Å²) in [5.41, 5.74) is 5.97. The number of nitrogens with two attached hydrogens (primary N) is 1. The topological polar surface area (TPSA) is 154 Å². The quantitative estimate of drug-likeness (QED) is 0.321. The van der Waals surface area contributed by atoms with Gasteiger partial charge in [0.1, 0.15) is 6.10 Å². The zero-order chi connectivity index (χ0) is 22.4. The van der Waals surface area contributed by atoms with Gasteiger partial charge in [0.25, 0.3) is 11.6 Å². The Hall–Kier alpha value is -3.44. The number of hydrogen-bond acceptors (Lipinski definition) is 7. The zero-order valence-electron chi connectivity index (χ0n) is 16.3. The molecule has 1 atom stereocenters. The molecule has 3 amide bonds. The van der Waals surface area contributed by atoms with E-state index in [4.69, 9.17) is 10.5 Å². The molecule has 0 aliphatic carbocycles. The van der Waals surface area contributed by atoms with Gasteiger partial charge in [-0.05, 0) is 49.2 Å². The Kier molecular flexibility index (Phi) is 7.21. The molecule has 1 fully saturated rings. The van der Waals surface area contributed by atoms with Gasteiger partial charge >= 0.3 is 0 Å². The molecule has 2 aromatic carbocycles. The molecule has 1 aliphatic rings. The van der Waals surface area contributed by atoms with E-state index in [1.807, 2.05) is 0 Å². The second-order valence-corrected chi connectivity index (χ2v) is 7.73. The van der Waals surface area contributed by atoms with E-state index < -0.39 is 16.9 Å². The highest BCUT2D eigenvalue weighted by molar-refractivity contribution is 8.00. The number of amides is 3. The number of carbonyl (C=O) groups is 3. The minimum absolute atomic E-state index is 0.0205. The van der Waals surface area contributed by atoms with E-state index in [0.717, 1.165) is 24.2 Å². The van der Waals surface area contributed by atoms with Gasteiger partial charge in [-0.3, -0.25) is 24.5 Å². The van der Waals surface area contributed by atoms with E-state index in [-0.39, 0.29) is 33.7 Å². The average molecular weight is 444 g/mol. The third-order valence-corrected chi connectivity index (χ3v) is 5.52. The maximum absolute atomic E-state index is 12.2. The Morgan fingerprint density at radius 3 is 2.39 bits per heavy atom. The normalized spacial score (nSPS) is 15.3. The summed E-state index contributed by atoms with van der Waals surface area (Å²) in [7, 11) is 0. The number of thioether (sulfide) groups is 1. The third-order valence-electron chi connectivity index (χ3n) is 4.46. The predicted octanol–water partition coefficient (Wildman–Crippen LogP) is 2.54. The standard InChI is InChI=1S/C20H20N4O6S/c21-19(26)12-3-8-17(15(10-12)24(28)29)31-11-18(25)22-13-4-6-14(7-5-13)23-20(27)16-2-1-9-30-16/h3-8,10,16H,1-2,9,11H2,(H2,21,26)(H,22,25)(H,23,27). The van der Waals surface area contributed by atoms with E-state index in [1.54, 1.807) is 24.3 Å². The Balaban J connectivity index is 1.54. The minimum Gasteiger partial charge on any atom is -0.368 e. The molecule has 0 saturated carbocycles. The Bertz CT molecular complexity index is 1010. The summed E-state index contributed by atoms with van der Waals surface area (Å²) < 4.78 is 5.33. The number of nitro benzene ring substituents is 1. The average Bonchev–Trinajstić information content (AvgIpc) is 3.28. The fraction of sp³-hybridized carbons (Fsp3) is 0.250. The van der Waals surface area contributed by atoms with Crippen LogP contribution in [-0.4, -0.2) is 41.1 Å². The van der Waals surface area contributed by atoms with Gasteiger partial charge in [0.15, 0.2) is 0 Å². The molecule has 4 N–H and O–H groups in total. The van der Waals surface area contributed by atoms with Crippen molar-refractivity contribution in [3.63, 3.8) is 0 Å². The van der Waals surface area contributed by atoms with Crippen LogP contribution >= 0.6 is 11.8 Å². The summed E-state index contributed by atoms with van der Waals surface area (Å²) in [6, 6.07) is 10.4. The van der Waals surface area contributed by atoms with Crippen LogP contribution in [0, 0.1) is 10.1 Å². The summed E-state index contributed by atoms with van der Waals surface area (Å²) in [5, 5.41) is 16.7. The Morgan fingerprint density at radius 1 is 1.13 bits per heavy atom. The van der Waals surface area contributed by atoms with E-state index in [0.29, 0.717) is 24.4 Å². The van der Waals surface area contributed by atoms with Crippen molar-refractivity contribution in [3.05, 3.63) is 58.1 Å². The lowest BCUT2D eigenvalue weighted by atomic mass is 10.2. The van der Waals surface area contributed by atoms with Crippen molar-refractivity contribution in [3.8, 4) is 0 Å². The molecule has 0 bridgehead atoms. The molecule has 1 aliphatic heterocycles. The van der Waals surface area contributed by atoms with E-state index in [9.17, 15) is 24.5 Å². The van der Waals surface area contributed by atoms with Crippen LogP contribution in [0.5, 0.6) is 0 Å². The molecule has 0 aromatic heterocycles. The van der Waals surface area contributed by atoms with Gasteiger partial charge < -0.3 is 21.1 Å². The first-order valence-electron chi connectivity index (χ1n) is 9.37. The number of hydrogen-bond donors (Lipinski definition) is 3. The van der Waals surface area contributed by atoms with Crippen molar-refractivity contribution in [1.29, 1.82) is 0 Å². The van der Waals surface area contributed by atoms with Gasteiger partial charge in [0.2, 0.25) is 11.8 Å². The van der Waals surface area contributed by atoms with Crippen molar-refractivity contribution >= 4 is 46.5 Å². The number of benzene rings is 2. The van der Waals surface area contributed by atoms with Crippen molar-refractivity contribution in [2.45, 2.75) is 23.8 Å². The molecule has 2 aromatic rings. The Labute approximate surface area is 181 Å². The first-order chi connectivity index (χ1) is 14.8. The number of nitro groups is 1. The van der Waals surface area contributed by atoms with Crippen molar-refractivity contribution < 1.29 is 24.0 Å². The van der Waals surface area contributed by atoms with Crippen LogP contribution in [0.4, 0.5) is 17.1 Å². The highest BCUT2D eigenvalue weighted by Crippen LogP contribution is 2.30. The van der Waals surface area contributed by atoms with Crippen LogP contribution in [0.2, 0.25) is 0 Å². The summed E-state index contributed by atoms with van der Waals surface area (Å²) in [6.07, 6.45) is 1.12. The largest absolute Gasteiger partial charge is 0.368 e. The summed E-state index contributed by atoms with van der Waals surface area (Å²) in [4.78, 5) is 46.3. The second-order valence-electron chi connectivity index (χ2n) is 6.71. The molecule has 3 rings (SSSR count). The second kappa shape index (κ2) is 10.0. The van der Waals surface area contributed by atoms with Crippen LogP contribution < -0.4 is 16.4 Å². The number of ether oxygens (including phenoxy) is 1. The molecule has 1 unspecified atom stereocenters. The van der Waals surface area contributed by atoms with Crippen molar-refractivity contribution in [2.24, 2.45) is 5.73 Å². The van der Waals surface area contributed by atoms with Crippen molar-refractivity contribution in [1.82, 2.24) is 0 Å². The first-order valence-corrected chi connectivity index (χ1v) is 10.4. The number of rotatable bonds is 8. The highest BCUT2D eigenvalue weighted by Gasteiger charge is 2.23. The maximum Gasteiger partial charge on any atom is 0.283 e. The lowest BCUT2D eigenvalue weighted by molar-refractivity contribution is -0.387. The molecule has 0 spiro atoms. The maximum atomic E-state index is 12.2. The summed E-state index contributed by atoms with van der Waals surface area (Å²) in [5.74, 6) is -1.41. The van der Waals surface area contributed by atoms with Gasteiger partial charge in [-0.15, -0.1) is 11.8 Å². The Morgan fingerprint density at radius 2 is 1.81 bits per heavy atom. The molecule has 11 heteroatoms. The van der Waals surface area contributed by atoms with E-state index >= 15 is 0 Å². The van der Waals surface area contributed by atoms with Gasteiger partial charge in [-0.1, -0.05) is 0 Å². The van der Waals surface area contributed by atoms with Gasteiger partial charge in [0.05, 0.1) is 15.6 Å². The number of nitrogens with one attached hydrogen (secondary N) is 2. The van der Waals surface area contributed by atoms with Gasteiger partial charge in [0, 0.05) is 29.6 Å². The predicted molar refractivity (Wildman–Crippen MR) is 115 cm³/mol. The fourth-order valence-corrected chi connectivity index (χ4v) is 3.72. The van der Waals surface area contributed by atoms with Gasteiger partial charge in [-0.25, -0.2) is 0 Å². The smallest absolute Gasteiger partial charge is 0.283 e. The first kappa shape index (κ1) is 22.2. The third kappa shape index (κ3) is 6.03. The number of primary amides is 1. The number of carbonyl (C=O) groups excluding carboxylic acids is 3. The minimum atomic E-state index is -0.771. The lowest BCUT2D eigenvalue weighted by Gasteiger charge is -2.11. The van der Waals surface area contributed by atoms with Crippen LogP contribution in [0.15, 0.2) is 47.4 Å². The fourth-order valence-electron chi connectivity index (χ4n) is 2.92. The van der Waals surface area contributed by atoms with Crippen LogP contribution in [-0.2, 0) is 14.3 Å². The van der Waals surface area contributed by atoms with E-state index in [1.165, 1.54) is 12.1 Å². The molecule has 1 saturated heterocycles. The molecule has 0 radical (unpaired) electrons. The highest BCUT2D eigenvalue weighted by atomic mass is 32.2. The molecule has 31 heavy (non-hydrogen) atoms. The summed E-state index contributed by atoms with van der Waals surface area (Å²) in [6.45, 7) is 0.583. The number of nitrogens with zero attached hydrogens (tertiary/aromatic N) is 1. The summed E-state index contributed by atoms with van der Waals surface area (Å²) >= 11 is 0.972. The SMILES string of the molecule is NC(=O)c1ccc(SCC(=O)Nc2ccc(NC(=O)C3CCCO3)cc2)c([N+](=O)[O-])c1. The van der Waals surface area contributed by atoms with E-state index in [2.05, 4.69) is 10.6 Å². The molecular weight excluding hydrogens is 424 g/mol. The monoisotopic (exact) mass is 444 g/mol. The molecule has 162 valence electrons. The molecule has 1 heterocycles. The van der Waals surface area contributed by atoms with Crippen LogP contribution in [0.25, 0.3) is 0 Å². The van der Waals surface area contributed by atoms with Crippen LogP contribution in [0.1, 0.15) is 23.2 Å². The molecule has 10 nitrogen and oxygen atoms in total. The lowest BCUT2D eigenvalue weighted by Crippen LogP contribution is -2.26. The van der Waals surface area contributed by atoms with Crippen molar-refractivity contribution in [2.75, 3.05) is 23.0 Å².